The Bertz CT molecular complexity index is 1110. The number of fused-ring (bicyclic) bond motifs is 1. The zero-order valence-corrected chi connectivity index (χ0v) is 14.5. The fourth-order valence-corrected chi connectivity index (χ4v) is 3.30. The van der Waals surface area contributed by atoms with Crippen molar-refractivity contribution in [1.82, 2.24) is 14.6 Å². The Morgan fingerprint density at radius 3 is 2.68 bits per heavy atom. The highest BCUT2D eigenvalue weighted by Crippen LogP contribution is 2.21. The highest BCUT2D eigenvalue weighted by Gasteiger charge is 2.12. The summed E-state index contributed by atoms with van der Waals surface area (Å²) < 4.78 is 12.7. The summed E-state index contributed by atoms with van der Waals surface area (Å²) in [5, 5.41) is 4.34. The van der Waals surface area contributed by atoms with Gasteiger partial charge >= 0.3 is 0 Å². The smallest absolute Gasteiger partial charge is 0.291 e. The predicted molar refractivity (Wildman–Crippen MR) is 95.8 cm³/mol. The van der Waals surface area contributed by atoms with Gasteiger partial charge in [0.15, 0.2) is 5.82 Å². The zero-order valence-electron chi connectivity index (χ0n) is 13.7. The Hall–Kier alpha value is -2.93. The van der Waals surface area contributed by atoms with Gasteiger partial charge in [0.25, 0.3) is 5.56 Å². The van der Waals surface area contributed by atoms with E-state index < -0.39 is 0 Å². The molecule has 126 valence electrons. The van der Waals surface area contributed by atoms with E-state index in [1.54, 1.807) is 24.5 Å². The first-order chi connectivity index (χ1) is 12.1. The molecule has 3 heterocycles. The second kappa shape index (κ2) is 6.18. The number of thiazole rings is 1. The number of nitrogens with zero attached hydrogens (tertiary/aromatic N) is 3. The molecule has 1 aromatic carbocycles. The van der Waals surface area contributed by atoms with E-state index in [1.165, 1.54) is 15.9 Å². The topological polar surface area (TPSA) is 69.6 Å². The van der Waals surface area contributed by atoms with Gasteiger partial charge in [-0.3, -0.25) is 4.79 Å². The van der Waals surface area contributed by atoms with Crippen LogP contribution in [0.25, 0.3) is 22.4 Å². The summed E-state index contributed by atoms with van der Waals surface area (Å²) in [6.45, 7) is 3.96. The van der Waals surface area contributed by atoms with Crippen molar-refractivity contribution in [2.24, 2.45) is 0 Å². The Balaban J connectivity index is 1.70. The van der Waals surface area contributed by atoms with E-state index in [0.29, 0.717) is 21.1 Å². The molecular weight excluding hydrogens is 338 g/mol. The van der Waals surface area contributed by atoms with Gasteiger partial charge in [-0.1, -0.05) is 11.3 Å². The number of hydrogen-bond acceptors (Lipinski definition) is 6. The van der Waals surface area contributed by atoms with Gasteiger partial charge in [0.1, 0.15) is 16.0 Å². The molecule has 6 nitrogen and oxygen atoms in total. The van der Waals surface area contributed by atoms with Crippen LogP contribution in [-0.4, -0.2) is 20.7 Å². The molecule has 0 saturated heterocycles. The van der Waals surface area contributed by atoms with Crippen LogP contribution in [0, 0.1) is 0 Å². The Kier molecular flexibility index (Phi) is 3.85. The number of furan rings is 1. The molecule has 7 heteroatoms. The minimum atomic E-state index is -0.199. The van der Waals surface area contributed by atoms with Gasteiger partial charge in [-0.05, 0) is 50.2 Å². The van der Waals surface area contributed by atoms with Crippen LogP contribution in [0.2, 0.25) is 0 Å². The van der Waals surface area contributed by atoms with Crippen LogP contribution in [0.4, 0.5) is 0 Å². The fourth-order valence-electron chi connectivity index (χ4n) is 2.41. The first-order valence-corrected chi connectivity index (χ1v) is 8.64. The van der Waals surface area contributed by atoms with Crippen molar-refractivity contribution in [3.8, 4) is 17.1 Å². The van der Waals surface area contributed by atoms with Gasteiger partial charge in [-0.15, -0.1) is 5.10 Å². The molecule has 0 aliphatic heterocycles. The van der Waals surface area contributed by atoms with E-state index in [4.69, 9.17) is 9.15 Å². The molecule has 0 radical (unpaired) electrons. The Morgan fingerprint density at radius 2 is 2.04 bits per heavy atom. The van der Waals surface area contributed by atoms with Crippen LogP contribution in [-0.2, 0) is 0 Å². The highest BCUT2D eigenvalue weighted by molar-refractivity contribution is 7.15. The lowest BCUT2D eigenvalue weighted by molar-refractivity contribution is 0.242. The number of rotatable bonds is 4. The molecule has 0 bridgehead atoms. The molecule has 4 rings (SSSR count). The van der Waals surface area contributed by atoms with Gasteiger partial charge in [0.2, 0.25) is 4.96 Å². The molecule has 0 amide bonds. The van der Waals surface area contributed by atoms with Crippen LogP contribution >= 0.6 is 11.3 Å². The van der Waals surface area contributed by atoms with Crippen molar-refractivity contribution in [2.45, 2.75) is 20.0 Å². The van der Waals surface area contributed by atoms with Crippen LogP contribution in [0.3, 0.4) is 0 Å². The summed E-state index contributed by atoms with van der Waals surface area (Å²) in [5.74, 6) is 1.94. The lowest BCUT2D eigenvalue weighted by atomic mass is 10.2. The number of benzene rings is 1. The molecule has 4 aromatic rings. The lowest BCUT2D eigenvalue weighted by Crippen LogP contribution is -2.23. The van der Waals surface area contributed by atoms with Crippen LogP contribution in [0.1, 0.15) is 19.6 Å². The molecule has 25 heavy (non-hydrogen) atoms. The third-order valence-corrected chi connectivity index (χ3v) is 4.44. The van der Waals surface area contributed by atoms with Gasteiger partial charge < -0.3 is 9.15 Å². The van der Waals surface area contributed by atoms with Gasteiger partial charge in [-0.25, -0.2) is 0 Å². The third-order valence-electron chi connectivity index (χ3n) is 3.48. The van der Waals surface area contributed by atoms with E-state index in [2.05, 4.69) is 10.1 Å². The molecule has 0 N–H and O–H groups in total. The number of ether oxygens (including phenoxy) is 1. The quantitative estimate of drug-likeness (QED) is 0.564. The van der Waals surface area contributed by atoms with Crippen molar-refractivity contribution in [2.75, 3.05) is 0 Å². The average molecular weight is 353 g/mol. The largest absolute Gasteiger partial charge is 0.491 e. The summed E-state index contributed by atoms with van der Waals surface area (Å²) in [4.78, 5) is 17.5. The van der Waals surface area contributed by atoms with Gasteiger partial charge in [0.05, 0.1) is 12.4 Å². The summed E-state index contributed by atoms with van der Waals surface area (Å²) in [5.41, 5.74) is 0.637. The molecule has 0 atom stereocenters. The standard InChI is InChI=1S/C18H15N3O3S/c1-11(2)24-13-7-5-12(6-8-13)16-19-18-21(20-16)17(22)15(25-18)10-14-4-3-9-23-14/h3-11H,1-2H3/b15-10-. The number of hydrogen-bond donors (Lipinski definition) is 0. The summed E-state index contributed by atoms with van der Waals surface area (Å²) in [6, 6.07) is 11.1. The molecule has 3 aromatic heterocycles. The van der Waals surface area contributed by atoms with Crippen molar-refractivity contribution in [1.29, 1.82) is 0 Å². The number of aromatic nitrogens is 3. The molecule has 0 unspecified atom stereocenters. The molecular formula is C18H15N3O3S. The van der Waals surface area contributed by atoms with Crippen LogP contribution < -0.4 is 14.8 Å². The van der Waals surface area contributed by atoms with Crippen LogP contribution in [0.5, 0.6) is 5.75 Å². The molecule has 0 saturated carbocycles. The first kappa shape index (κ1) is 15.6. The van der Waals surface area contributed by atoms with E-state index in [0.717, 1.165) is 11.3 Å². The summed E-state index contributed by atoms with van der Waals surface area (Å²) in [7, 11) is 0. The van der Waals surface area contributed by atoms with Crippen molar-refractivity contribution < 1.29 is 9.15 Å². The predicted octanol–water partition coefficient (Wildman–Crippen LogP) is 2.75. The summed E-state index contributed by atoms with van der Waals surface area (Å²) in [6.07, 6.45) is 3.38. The minimum absolute atomic E-state index is 0.119. The maximum absolute atomic E-state index is 12.5. The van der Waals surface area contributed by atoms with Crippen molar-refractivity contribution in [3.05, 3.63) is 63.3 Å². The molecule has 0 aliphatic rings. The zero-order chi connectivity index (χ0) is 17.4. The maximum atomic E-state index is 12.5. The van der Waals surface area contributed by atoms with Crippen LogP contribution in [0.15, 0.2) is 51.9 Å². The van der Waals surface area contributed by atoms with Crippen molar-refractivity contribution >= 4 is 22.4 Å². The third kappa shape index (κ3) is 3.06. The van der Waals surface area contributed by atoms with Gasteiger partial charge in [0, 0.05) is 11.6 Å². The van der Waals surface area contributed by atoms with Gasteiger partial charge in [-0.2, -0.15) is 9.50 Å². The average Bonchev–Trinajstić information content (AvgIpc) is 3.28. The minimum Gasteiger partial charge on any atom is -0.491 e. The normalized spacial score (nSPS) is 12.4. The second-order valence-corrected chi connectivity index (χ2v) is 6.76. The van der Waals surface area contributed by atoms with Crippen molar-refractivity contribution in [3.63, 3.8) is 0 Å². The van der Waals surface area contributed by atoms with E-state index in [9.17, 15) is 4.79 Å². The lowest BCUT2D eigenvalue weighted by Gasteiger charge is -2.09. The Morgan fingerprint density at radius 1 is 1.24 bits per heavy atom. The van der Waals surface area contributed by atoms with E-state index >= 15 is 0 Å². The molecule has 0 spiro atoms. The SMILES string of the molecule is CC(C)Oc1ccc(-c2nc3s/c(=C\c4ccco4)c(=O)n3n2)cc1. The fraction of sp³-hybridized carbons (Fsp3) is 0.167. The monoisotopic (exact) mass is 353 g/mol. The van der Waals surface area contributed by atoms with E-state index in [-0.39, 0.29) is 11.7 Å². The Labute approximate surface area is 147 Å². The summed E-state index contributed by atoms with van der Waals surface area (Å²) >= 11 is 1.29. The van der Waals surface area contributed by atoms with E-state index in [1.807, 2.05) is 38.1 Å². The molecule has 0 aliphatic carbocycles. The second-order valence-electron chi connectivity index (χ2n) is 5.75. The first-order valence-electron chi connectivity index (χ1n) is 7.82. The maximum Gasteiger partial charge on any atom is 0.291 e. The molecule has 0 fully saturated rings. The highest BCUT2D eigenvalue weighted by atomic mass is 32.1.